The van der Waals surface area contributed by atoms with E-state index in [4.69, 9.17) is 0 Å². The van der Waals surface area contributed by atoms with Crippen LogP contribution in [0.1, 0.15) is 23.6 Å². The number of ether oxygens (including phenoxy) is 1. The number of urea groups is 1. The third-order valence-corrected chi connectivity index (χ3v) is 7.59. The number of benzene rings is 3. The second-order valence-electron chi connectivity index (χ2n) is 9.81. The highest BCUT2D eigenvalue weighted by molar-refractivity contribution is 8.15. The Morgan fingerprint density at radius 3 is 2.31 bits per heavy atom. The van der Waals surface area contributed by atoms with Crippen molar-refractivity contribution in [3.05, 3.63) is 83.7 Å². The van der Waals surface area contributed by atoms with Gasteiger partial charge >= 0.3 is 12.4 Å². The molecule has 3 aromatic carbocycles. The van der Waals surface area contributed by atoms with E-state index in [1.54, 1.807) is 29.2 Å². The van der Waals surface area contributed by atoms with Gasteiger partial charge < -0.3 is 15.2 Å². The molecular weight excluding hydrogens is 569 g/mol. The maximum atomic E-state index is 12.9. The number of hydrogen-bond donors (Lipinski definition) is 2. The van der Waals surface area contributed by atoms with Crippen molar-refractivity contribution in [1.82, 2.24) is 14.8 Å². The zero-order valence-corrected chi connectivity index (χ0v) is 23.9. The van der Waals surface area contributed by atoms with Crippen molar-refractivity contribution in [3.63, 3.8) is 0 Å². The van der Waals surface area contributed by atoms with Gasteiger partial charge in [-0.25, -0.2) is 14.5 Å². The third kappa shape index (κ3) is 6.42. The predicted molar refractivity (Wildman–Crippen MR) is 156 cm³/mol. The highest BCUT2D eigenvalue weighted by atomic mass is 32.2. The van der Waals surface area contributed by atoms with E-state index in [0.29, 0.717) is 27.9 Å². The molecule has 13 heteroatoms. The van der Waals surface area contributed by atoms with E-state index in [1.807, 2.05) is 39.8 Å². The minimum Gasteiger partial charge on any atom is -0.406 e. The number of carbonyl (C=O) groups is 1. The van der Waals surface area contributed by atoms with E-state index in [9.17, 15) is 23.1 Å². The average Bonchev–Trinajstić information content (AvgIpc) is 3.49. The van der Waals surface area contributed by atoms with E-state index < -0.39 is 18.6 Å². The summed E-state index contributed by atoms with van der Waals surface area (Å²) >= 11 is 1.33. The molecule has 5 rings (SSSR count). The molecule has 2 unspecified atom stereocenters. The molecular formula is C29H27F3N6O3S. The molecule has 218 valence electrons. The van der Waals surface area contributed by atoms with Crippen LogP contribution in [0, 0.1) is 20.8 Å². The third-order valence-electron chi connectivity index (χ3n) is 6.48. The molecule has 42 heavy (non-hydrogen) atoms. The van der Waals surface area contributed by atoms with Crippen molar-refractivity contribution in [2.24, 2.45) is 4.99 Å². The zero-order valence-electron chi connectivity index (χ0n) is 23.0. The summed E-state index contributed by atoms with van der Waals surface area (Å²) in [6.07, 6.45) is -4.16. The van der Waals surface area contributed by atoms with Crippen molar-refractivity contribution in [3.8, 4) is 22.8 Å². The molecule has 1 saturated heterocycles. The molecule has 4 aromatic rings. The van der Waals surface area contributed by atoms with Crippen LogP contribution in [0.2, 0.25) is 0 Å². The average molecular weight is 597 g/mol. The van der Waals surface area contributed by atoms with E-state index in [0.717, 1.165) is 22.4 Å². The normalized spacial score (nSPS) is 18.0. The smallest absolute Gasteiger partial charge is 0.406 e. The largest absolute Gasteiger partial charge is 0.573 e. The molecule has 1 aliphatic heterocycles. The first kappa shape index (κ1) is 29.1. The molecule has 0 saturated carbocycles. The molecule has 0 spiro atoms. The molecule has 0 bridgehead atoms. The Labute approximate surface area is 244 Å². The number of nitrogens with zero attached hydrogens (tertiary/aromatic N) is 5. The molecule has 9 nitrogen and oxygen atoms in total. The minimum atomic E-state index is -4.77. The molecule has 2 amide bonds. The monoisotopic (exact) mass is 596 g/mol. The number of aliphatic hydroxyl groups is 1. The number of nitrogens with one attached hydrogen (secondary N) is 1. The summed E-state index contributed by atoms with van der Waals surface area (Å²) < 4.78 is 42.5. The summed E-state index contributed by atoms with van der Waals surface area (Å²) in [5, 5.41) is 18.3. The van der Waals surface area contributed by atoms with Gasteiger partial charge in [-0.2, -0.15) is 4.99 Å². The van der Waals surface area contributed by atoms with Crippen LogP contribution >= 0.6 is 11.8 Å². The molecule has 1 aromatic heterocycles. The number of aromatic nitrogens is 3. The first-order chi connectivity index (χ1) is 19.9. The van der Waals surface area contributed by atoms with Gasteiger partial charge in [0.25, 0.3) is 0 Å². The molecule has 2 atom stereocenters. The number of aryl methyl sites for hydroxylation is 3. The summed E-state index contributed by atoms with van der Waals surface area (Å²) in [5.74, 6) is 0.0493. The van der Waals surface area contributed by atoms with Crippen LogP contribution in [0.5, 0.6) is 5.75 Å². The lowest BCUT2D eigenvalue weighted by molar-refractivity contribution is -0.274. The number of amidine groups is 1. The topological polar surface area (TPSA) is 105 Å². The van der Waals surface area contributed by atoms with E-state index >= 15 is 0 Å². The Morgan fingerprint density at radius 2 is 1.69 bits per heavy atom. The number of aliphatic hydroxyl groups excluding tert-OH is 1. The van der Waals surface area contributed by atoms with Crippen LogP contribution in [-0.2, 0) is 0 Å². The fraction of sp³-hybridized carbons (Fsp3) is 0.241. The van der Waals surface area contributed by atoms with Crippen molar-refractivity contribution >= 4 is 34.3 Å². The molecule has 1 fully saturated rings. The van der Waals surface area contributed by atoms with Crippen molar-refractivity contribution in [2.75, 3.05) is 10.2 Å². The van der Waals surface area contributed by atoms with E-state index in [1.165, 1.54) is 47.0 Å². The number of amides is 2. The Bertz CT molecular complexity index is 1610. The van der Waals surface area contributed by atoms with Gasteiger partial charge in [0.1, 0.15) is 18.3 Å². The number of anilines is 2. The zero-order chi connectivity index (χ0) is 30.2. The van der Waals surface area contributed by atoms with Crippen LogP contribution in [0.3, 0.4) is 0 Å². The van der Waals surface area contributed by atoms with Gasteiger partial charge in [0, 0.05) is 11.3 Å². The second kappa shape index (κ2) is 11.5. The molecule has 1 aliphatic rings. The summed E-state index contributed by atoms with van der Waals surface area (Å²) in [6, 6.07) is 15.6. The summed E-state index contributed by atoms with van der Waals surface area (Å²) in [6.45, 7) is 7.83. The maximum absolute atomic E-state index is 12.9. The van der Waals surface area contributed by atoms with Crippen LogP contribution in [0.4, 0.5) is 29.3 Å². The number of thioether (sulfide) groups is 1. The number of aliphatic imine (C=N–C) groups is 1. The van der Waals surface area contributed by atoms with Gasteiger partial charge in [-0.15, -0.1) is 18.3 Å². The fourth-order valence-corrected chi connectivity index (χ4v) is 5.75. The molecule has 0 radical (unpaired) electrons. The van der Waals surface area contributed by atoms with Gasteiger partial charge in [0.05, 0.1) is 16.6 Å². The Balaban J connectivity index is 1.28. The Hall–Kier alpha value is -4.36. The van der Waals surface area contributed by atoms with E-state index in [2.05, 4.69) is 25.1 Å². The molecule has 0 aliphatic carbocycles. The number of carbonyl (C=O) groups excluding carboxylic acids is 1. The Morgan fingerprint density at radius 1 is 1.05 bits per heavy atom. The van der Waals surface area contributed by atoms with Crippen molar-refractivity contribution < 1.29 is 27.8 Å². The number of rotatable bonds is 5. The van der Waals surface area contributed by atoms with Crippen LogP contribution < -0.4 is 15.0 Å². The van der Waals surface area contributed by atoms with Crippen LogP contribution in [0.15, 0.2) is 72.0 Å². The van der Waals surface area contributed by atoms with Crippen molar-refractivity contribution in [2.45, 2.75) is 45.5 Å². The van der Waals surface area contributed by atoms with Gasteiger partial charge in [-0.05, 0) is 87.4 Å². The lowest BCUT2D eigenvalue weighted by Gasteiger charge is -2.27. The quantitative estimate of drug-likeness (QED) is 0.267. The number of hydrogen-bond acceptors (Lipinski definition) is 6. The Kier molecular flexibility index (Phi) is 7.97. The lowest BCUT2D eigenvalue weighted by atomic mass is 10.0. The SMILES string of the molecule is Cc1cc(C)c(N2C(=NC(=O)Nc3ccc(-c4ncn(-c5ccc(OC(F)(F)F)cc5)n4)cc3)SC(C)C2O)c(C)c1. The number of halogens is 3. The van der Waals surface area contributed by atoms with Gasteiger partial charge in [0.15, 0.2) is 11.0 Å². The molecule has 2 heterocycles. The minimum absolute atomic E-state index is 0.186. The second-order valence-corrected chi connectivity index (χ2v) is 11.2. The first-order valence-corrected chi connectivity index (χ1v) is 13.8. The lowest BCUT2D eigenvalue weighted by Crippen LogP contribution is -2.37. The van der Waals surface area contributed by atoms with Crippen LogP contribution in [-0.4, -0.2) is 48.9 Å². The maximum Gasteiger partial charge on any atom is 0.573 e. The summed E-state index contributed by atoms with van der Waals surface area (Å²) in [4.78, 5) is 23.1. The fourth-order valence-electron chi connectivity index (χ4n) is 4.73. The highest BCUT2D eigenvalue weighted by Gasteiger charge is 2.38. The van der Waals surface area contributed by atoms with Gasteiger partial charge in [0.2, 0.25) is 0 Å². The van der Waals surface area contributed by atoms with Gasteiger partial charge in [-0.1, -0.05) is 29.5 Å². The van der Waals surface area contributed by atoms with Crippen LogP contribution in [0.25, 0.3) is 17.1 Å². The summed E-state index contributed by atoms with van der Waals surface area (Å²) in [7, 11) is 0. The van der Waals surface area contributed by atoms with Crippen molar-refractivity contribution in [1.29, 1.82) is 0 Å². The van der Waals surface area contributed by atoms with E-state index in [-0.39, 0.29) is 11.0 Å². The predicted octanol–water partition coefficient (Wildman–Crippen LogP) is 6.61. The highest BCUT2D eigenvalue weighted by Crippen LogP contribution is 2.38. The van der Waals surface area contributed by atoms with Gasteiger partial charge in [-0.3, -0.25) is 4.90 Å². The molecule has 2 N–H and O–H groups in total. The standard InChI is InChI=1S/C29H27F3N6O3S/c1-16-13-17(2)24(18(3)14-16)38-26(39)19(4)42-28(38)35-27(40)34-21-7-5-20(6-8-21)25-33-15-37(36-25)22-9-11-23(12-10-22)41-29(30,31)32/h5-15,19,26,39H,1-4H3,(H,34,40). The first-order valence-electron chi connectivity index (χ1n) is 12.9. The number of alkyl halides is 3. The summed E-state index contributed by atoms with van der Waals surface area (Å²) in [5.41, 5.74) is 5.56.